The Balaban J connectivity index is 1.83. The molecule has 1 fully saturated rings. The van der Waals surface area contributed by atoms with E-state index >= 15 is 0 Å². The molecule has 0 saturated carbocycles. The van der Waals surface area contributed by atoms with Crippen LogP contribution < -0.4 is 0 Å². The molecule has 7 heteroatoms. The van der Waals surface area contributed by atoms with Gasteiger partial charge in [0, 0.05) is 38.9 Å². The molecule has 20 heavy (non-hydrogen) atoms. The summed E-state index contributed by atoms with van der Waals surface area (Å²) in [4.78, 5) is 6.54. The van der Waals surface area contributed by atoms with Gasteiger partial charge in [0.1, 0.15) is 0 Å². The summed E-state index contributed by atoms with van der Waals surface area (Å²) in [5.41, 5.74) is 1.03. The normalized spacial score (nSPS) is 18.2. The maximum Gasteiger partial charge on any atom is 0.214 e. The number of pyridine rings is 1. The molecule has 0 aliphatic carbocycles. The summed E-state index contributed by atoms with van der Waals surface area (Å²) in [6, 6.07) is 5.87. The lowest BCUT2D eigenvalue weighted by molar-refractivity contribution is 0.180. The first-order valence-electron chi connectivity index (χ1n) is 6.83. The third-order valence-corrected chi connectivity index (χ3v) is 5.67. The van der Waals surface area contributed by atoms with Crippen LogP contribution in [0.5, 0.6) is 0 Å². The van der Waals surface area contributed by atoms with E-state index in [-0.39, 0.29) is 5.75 Å². The molecule has 0 N–H and O–H groups in total. The highest BCUT2D eigenvalue weighted by molar-refractivity contribution is 7.89. The average Bonchev–Trinajstić information content (AvgIpc) is 2.47. The summed E-state index contributed by atoms with van der Waals surface area (Å²) in [5, 5.41) is 0. The highest BCUT2D eigenvalue weighted by Crippen LogP contribution is 2.11. The molecule has 1 saturated heterocycles. The van der Waals surface area contributed by atoms with Crippen LogP contribution >= 0.6 is 12.6 Å². The van der Waals surface area contributed by atoms with Gasteiger partial charge in [0.05, 0.1) is 11.4 Å². The first kappa shape index (κ1) is 15.8. The minimum atomic E-state index is -3.10. The van der Waals surface area contributed by atoms with Crippen LogP contribution in [0.4, 0.5) is 0 Å². The fourth-order valence-electron chi connectivity index (χ4n) is 2.26. The van der Waals surface area contributed by atoms with Crippen LogP contribution in [0.3, 0.4) is 0 Å². The fraction of sp³-hybridized carbons (Fsp3) is 0.615. The molecule has 0 atom stereocenters. The van der Waals surface area contributed by atoms with Crippen LogP contribution in [0.2, 0.25) is 0 Å². The zero-order chi connectivity index (χ0) is 14.4. The van der Waals surface area contributed by atoms with Gasteiger partial charge in [-0.3, -0.25) is 9.88 Å². The molecule has 0 unspecified atom stereocenters. The van der Waals surface area contributed by atoms with Gasteiger partial charge in [-0.15, -0.1) is 0 Å². The number of hydrogen-bond acceptors (Lipinski definition) is 5. The van der Waals surface area contributed by atoms with Crippen molar-refractivity contribution in [1.29, 1.82) is 0 Å². The maximum absolute atomic E-state index is 12.1. The summed E-state index contributed by atoms with van der Waals surface area (Å²) >= 11 is 4.07. The molecular weight excluding hydrogens is 294 g/mol. The fourth-order valence-corrected chi connectivity index (χ4v) is 4.12. The second-order valence-corrected chi connectivity index (χ2v) is 7.43. The standard InChI is InChI=1S/C13H21N3O2S2/c17-20(18,11-3-10-19)16-8-6-15(7-9-16)12-13-4-1-2-5-14-13/h1-2,4-5,19H,3,6-12H2. The lowest BCUT2D eigenvalue weighted by Crippen LogP contribution is -2.48. The van der Waals surface area contributed by atoms with Crippen molar-refractivity contribution >= 4 is 22.7 Å². The van der Waals surface area contributed by atoms with Crippen molar-refractivity contribution in [3.05, 3.63) is 30.1 Å². The Kier molecular flexibility index (Phi) is 5.83. The molecule has 5 nitrogen and oxygen atoms in total. The molecule has 0 aromatic carbocycles. The molecule has 2 heterocycles. The van der Waals surface area contributed by atoms with Gasteiger partial charge in [0.2, 0.25) is 10.0 Å². The van der Waals surface area contributed by atoms with Gasteiger partial charge in [-0.2, -0.15) is 16.9 Å². The Labute approximate surface area is 126 Å². The largest absolute Gasteiger partial charge is 0.295 e. The van der Waals surface area contributed by atoms with E-state index < -0.39 is 10.0 Å². The lowest BCUT2D eigenvalue weighted by Gasteiger charge is -2.33. The predicted molar refractivity (Wildman–Crippen MR) is 83.3 cm³/mol. The summed E-state index contributed by atoms with van der Waals surface area (Å²) in [7, 11) is -3.10. The number of thiol groups is 1. The molecular formula is C13H21N3O2S2. The van der Waals surface area contributed by atoms with E-state index in [0.717, 1.165) is 25.3 Å². The van der Waals surface area contributed by atoms with Crippen molar-refractivity contribution in [2.45, 2.75) is 13.0 Å². The van der Waals surface area contributed by atoms with Gasteiger partial charge < -0.3 is 0 Å². The monoisotopic (exact) mass is 315 g/mol. The number of rotatable bonds is 6. The van der Waals surface area contributed by atoms with Gasteiger partial charge in [-0.1, -0.05) is 6.07 Å². The van der Waals surface area contributed by atoms with Crippen molar-refractivity contribution in [3.8, 4) is 0 Å². The Bertz CT molecular complexity index is 500. The van der Waals surface area contributed by atoms with Gasteiger partial charge >= 0.3 is 0 Å². The van der Waals surface area contributed by atoms with Crippen molar-refractivity contribution in [3.63, 3.8) is 0 Å². The Morgan fingerprint density at radius 2 is 1.95 bits per heavy atom. The van der Waals surface area contributed by atoms with Crippen molar-refractivity contribution in [2.75, 3.05) is 37.7 Å². The van der Waals surface area contributed by atoms with Crippen LogP contribution in [0.15, 0.2) is 24.4 Å². The van der Waals surface area contributed by atoms with Gasteiger partial charge in [0.15, 0.2) is 0 Å². The van der Waals surface area contributed by atoms with E-state index in [0.29, 0.717) is 25.3 Å². The summed E-state index contributed by atoms with van der Waals surface area (Å²) in [5.74, 6) is 0.815. The predicted octanol–water partition coefficient (Wildman–Crippen LogP) is 0.849. The first-order valence-corrected chi connectivity index (χ1v) is 9.07. The highest BCUT2D eigenvalue weighted by Gasteiger charge is 2.26. The van der Waals surface area contributed by atoms with Crippen LogP contribution in [-0.2, 0) is 16.6 Å². The Morgan fingerprint density at radius 1 is 1.20 bits per heavy atom. The van der Waals surface area contributed by atoms with Gasteiger partial charge in [0.25, 0.3) is 0 Å². The second kappa shape index (κ2) is 7.40. The van der Waals surface area contributed by atoms with Crippen molar-refractivity contribution in [2.24, 2.45) is 0 Å². The summed E-state index contributed by atoms with van der Waals surface area (Å²) in [6.45, 7) is 3.45. The highest BCUT2D eigenvalue weighted by atomic mass is 32.2. The Morgan fingerprint density at radius 3 is 2.55 bits per heavy atom. The van der Waals surface area contributed by atoms with Crippen molar-refractivity contribution in [1.82, 2.24) is 14.2 Å². The molecule has 0 bridgehead atoms. The third-order valence-electron chi connectivity index (χ3n) is 3.40. The molecule has 1 aromatic rings. The molecule has 0 amide bonds. The number of aromatic nitrogens is 1. The minimum absolute atomic E-state index is 0.205. The number of sulfonamides is 1. The molecule has 1 aliphatic rings. The van der Waals surface area contributed by atoms with E-state index in [1.807, 2.05) is 18.2 Å². The molecule has 1 aliphatic heterocycles. The van der Waals surface area contributed by atoms with E-state index in [4.69, 9.17) is 0 Å². The lowest BCUT2D eigenvalue weighted by atomic mass is 10.3. The second-order valence-electron chi connectivity index (χ2n) is 4.89. The number of nitrogens with zero attached hydrogens (tertiary/aromatic N) is 3. The summed E-state index contributed by atoms with van der Waals surface area (Å²) < 4.78 is 25.7. The molecule has 112 valence electrons. The van der Waals surface area contributed by atoms with Crippen LogP contribution in [0.25, 0.3) is 0 Å². The molecule has 2 rings (SSSR count). The first-order chi connectivity index (χ1) is 9.62. The zero-order valence-electron chi connectivity index (χ0n) is 11.5. The molecule has 1 aromatic heterocycles. The van der Waals surface area contributed by atoms with E-state index in [1.54, 1.807) is 10.5 Å². The smallest absolute Gasteiger partial charge is 0.214 e. The average molecular weight is 315 g/mol. The van der Waals surface area contributed by atoms with Crippen LogP contribution in [0, 0.1) is 0 Å². The van der Waals surface area contributed by atoms with E-state index in [1.165, 1.54) is 0 Å². The van der Waals surface area contributed by atoms with Gasteiger partial charge in [-0.05, 0) is 24.3 Å². The van der Waals surface area contributed by atoms with Crippen LogP contribution in [-0.4, -0.2) is 60.3 Å². The number of hydrogen-bond donors (Lipinski definition) is 1. The SMILES string of the molecule is O=S(=O)(CCCS)N1CCN(Cc2ccccn2)CC1. The van der Waals surface area contributed by atoms with Crippen LogP contribution in [0.1, 0.15) is 12.1 Å². The van der Waals surface area contributed by atoms with E-state index in [9.17, 15) is 8.42 Å². The topological polar surface area (TPSA) is 53.5 Å². The molecule has 0 spiro atoms. The third kappa shape index (κ3) is 4.44. The maximum atomic E-state index is 12.1. The van der Waals surface area contributed by atoms with E-state index in [2.05, 4.69) is 22.5 Å². The van der Waals surface area contributed by atoms with Gasteiger partial charge in [-0.25, -0.2) is 8.42 Å². The molecule has 0 radical (unpaired) electrons. The number of piperazine rings is 1. The zero-order valence-corrected chi connectivity index (χ0v) is 13.2. The summed E-state index contributed by atoms with van der Waals surface area (Å²) in [6.07, 6.45) is 2.40. The van der Waals surface area contributed by atoms with Crippen molar-refractivity contribution < 1.29 is 8.42 Å². The quantitative estimate of drug-likeness (QED) is 0.791. The minimum Gasteiger partial charge on any atom is -0.295 e. The Hall–Kier alpha value is -0.630.